The van der Waals surface area contributed by atoms with Crippen LogP contribution in [0.5, 0.6) is 5.75 Å². The highest BCUT2D eigenvalue weighted by Gasteiger charge is 2.20. The summed E-state index contributed by atoms with van der Waals surface area (Å²) in [6.45, 7) is 0. The normalized spacial score (nSPS) is 11.6. The van der Waals surface area contributed by atoms with E-state index < -0.39 is 12.0 Å². The van der Waals surface area contributed by atoms with Gasteiger partial charge in [-0.2, -0.15) is 0 Å². The van der Waals surface area contributed by atoms with E-state index in [4.69, 9.17) is 21.1 Å². The molecule has 0 saturated heterocycles. The molecule has 7 heteroatoms. The van der Waals surface area contributed by atoms with Crippen molar-refractivity contribution in [3.63, 3.8) is 0 Å². The summed E-state index contributed by atoms with van der Waals surface area (Å²) in [5.41, 5.74) is 1.08. The van der Waals surface area contributed by atoms with Gasteiger partial charge in [-0.3, -0.25) is 9.59 Å². The van der Waals surface area contributed by atoms with Gasteiger partial charge in [-0.15, -0.1) is 0 Å². The van der Waals surface area contributed by atoms with E-state index in [1.165, 1.54) is 19.4 Å². The molecule has 0 bridgehead atoms. The topological polar surface area (TPSA) is 80.4 Å². The molecular weight excluding hydrogens is 320 g/mol. The number of hydrogen-bond donors (Lipinski definition) is 2. The van der Waals surface area contributed by atoms with Gasteiger partial charge in [0.05, 0.1) is 31.7 Å². The number of benzene rings is 1. The predicted molar refractivity (Wildman–Crippen MR) is 85.6 cm³/mol. The number of aromatic nitrogens is 1. The van der Waals surface area contributed by atoms with E-state index in [0.29, 0.717) is 16.5 Å². The first-order valence-corrected chi connectivity index (χ1v) is 7.27. The first-order valence-electron chi connectivity index (χ1n) is 6.89. The fourth-order valence-electron chi connectivity index (χ4n) is 2.07. The minimum absolute atomic E-state index is 0.0169. The number of ether oxygens (including phenoxy) is 2. The summed E-state index contributed by atoms with van der Waals surface area (Å²) in [4.78, 5) is 26.6. The molecule has 2 aromatic rings. The van der Waals surface area contributed by atoms with Gasteiger partial charge in [0.1, 0.15) is 11.4 Å². The van der Waals surface area contributed by atoms with Crippen molar-refractivity contribution in [2.24, 2.45) is 0 Å². The summed E-state index contributed by atoms with van der Waals surface area (Å²) >= 11 is 5.80. The molecule has 122 valence electrons. The molecule has 0 radical (unpaired) electrons. The molecule has 1 unspecified atom stereocenters. The fraction of sp³-hybridized carbons (Fsp3) is 0.250. The number of esters is 1. The summed E-state index contributed by atoms with van der Waals surface area (Å²) in [6.07, 6.45) is 1.53. The van der Waals surface area contributed by atoms with Crippen LogP contribution in [0, 0.1) is 0 Å². The van der Waals surface area contributed by atoms with E-state index in [-0.39, 0.29) is 12.3 Å². The Hall–Kier alpha value is -2.47. The van der Waals surface area contributed by atoms with Crippen molar-refractivity contribution in [2.45, 2.75) is 12.5 Å². The molecule has 0 fully saturated rings. The summed E-state index contributed by atoms with van der Waals surface area (Å²) in [5.74, 6) is -0.0923. The van der Waals surface area contributed by atoms with Gasteiger partial charge >= 0.3 is 5.97 Å². The molecule has 1 amide bonds. The monoisotopic (exact) mass is 336 g/mol. The number of aromatic amines is 1. The van der Waals surface area contributed by atoms with Crippen LogP contribution in [0.1, 0.15) is 28.5 Å². The smallest absolute Gasteiger partial charge is 0.307 e. The highest BCUT2D eigenvalue weighted by Crippen LogP contribution is 2.21. The number of carbonyl (C=O) groups is 2. The van der Waals surface area contributed by atoms with Gasteiger partial charge in [-0.1, -0.05) is 23.7 Å². The standard InChI is InChI=1S/C16H17ClN2O4/c1-22-12-5-3-10(4-6-12)13(8-15(20)23-2)19-16(21)14-7-11(17)9-18-14/h3-7,9,13,18H,8H2,1-2H3,(H,19,21). The Bertz CT molecular complexity index is 682. The number of hydrogen-bond acceptors (Lipinski definition) is 4. The minimum atomic E-state index is -0.525. The molecule has 1 heterocycles. The molecule has 0 aliphatic carbocycles. The zero-order valence-electron chi connectivity index (χ0n) is 12.8. The molecular formula is C16H17ClN2O4. The highest BCUT2D eigenvalue weighted by atomic mass is 35.5. The molecule has 6 nitrogen and oxygen atoms in total. The number of methoxy groups -OCH3 is 2. The average Bonchev–Trinajstić information content (AvgIpc) is 3.00. The van der Waals surface area contributed by atoms with Gasteiger partial charge in [0.15, 0.2) is 0 Å². The summed E-state index contributed by atoms with van der Waals surface area (Å²) < 4.78 is 9.80. The zero-order chi connectivity index (χ0) is 16.8. The Morgan fingerprint density at radius 2 is 1.96 bits per heavy atom. The molecule has 0 spiro atoms. The van der Waals surface area contributed by atoms with Crippen molar-refractivity contribution in [2.75, 3.05) is 14.2 Å². The van der Waals surface area contributed by atoms with Crippen LogP contribution >= 0.6 is 11.6 Å². The van der Waals surface area contributed by atoms with Crippen LogP contribution in [0.15, 0.2) is 36.5 Å². The molecule has 23 heavy (non-hydrogen) atoms. The molecule has 0 saturated carbocycles. The average molecular weight is 337 g/mol. The third-order valence-corrected chi connectivity index (χ3v) is 3.53. The number of nitrogens with one attached hydrogen (secondary N) is 2. The van der Waals surface area contributed by atoms with Gasteiger partial charge in [0, 0.05) is 6.20 Å². The van der Waals surface area contributed by atoms with Crippen molar-refractivity contribution in [1.29, 1.82) is 0 Å². The quantitative estimate of drug-likeness (QED) is 0.795. The number of H-pyrrole nitrogens is 1. The van der Waals surface area contributed by atoms with Gasteiger partial charge < -0.3 is 19.8 Å². The first kappa shape index (κ1) is 16.9. The molecule has 1 aromatic heterocycles. The second-order valence-corrected chi connectivity index (χ2v) is 5.25. The molecule has 0 aliphatic heterocycles. The van der Waals surface area contributed by atoms with E-state index in [0.717, 1.165) is 5.56 Å². The maximum atomic E-state index is 12.3. The first-order chi connectivity index (χ1) is 11.0. The van der Waals surface area contributed by atoms with E-state index in [1.54, 1.807) is 31.4 Å². The SMILES string of the molecule is COC(=O)CC(NC(=O)c1cc(Cl)c[nH]1)c1ccc(OC)cc1. The Labute approximate surface area is 138 Å². The van der Waals surface area contributed by atoms with Crippen molar-refractivity contribution in [3.05, 3.63) is 52.8 Å². The fourth-order valence-corrected chi connectivity index (χ4v) is 2.24. The van der Waals surface area contributed by atoms with Gasteiger partial charge in [0.25, 0.3) is 5.91 Å². The Kier molecular flexibility index (Phi) is 5.65. The second-order valence-electron chi connectivity index (χ2n) is 4.81. The molecule has 2 N–H and O–H groups in total. The third kappa shape index (κ3) is 4.50. The minimum Gasteiger partial charge on any atom is -0.497 e. The molecule has 0 aliphatic rings. The van der Waals surface area contributed by atoms with Crippen molar-refractivity contribution in [3.8, 4) is 5.75 Å². The van der Waals surface area contributed by atoms with E-state index in [2.05, 4.69) is 10.3 Å². The van der Waals surface area contributed by atoms with Crippen molar-refractivity contribution in [1.82, 2.24) is 10.3 Å². The summed E-state index contributed by atoms with van der Waals surface area (Å²) in [7, 11) is 2.87. The molecule has 1 aromatic carbocycles. The number of carbonyl (C=O) groups excluding carboxylic acids is 2. The molecule has 1 atom stereocenters. The maximum absolute atomic E-state index is 12.3. The lowest BCUT2D eigenvalue weighted by Crippen LogP contribution is -2.30. The lowest BCUT2D eigenvalue weighted by atomic mass is 10.0. The van der Waals surface area contributed by atoms with Crippen LogP contribution in [0.3, 0.4) is 0 Å². The van der Waals surface area contributed by atoms with Gasteiger partial charge in [0.2, 0.25) is 0 Å². The number of amides is 1. The van der Waals surface area contributed by atoms with E-state index >= 15 is 0 Å². The Morgan fingerprint density at radius 1 is 1.26 bits per heavy atom. The van der Waals surface area contributed by atoms with Crippen LogP contribution in [-0.4, -0.2) is 31.1 Å². The molecule has 2 rings (SSSR count). The number of halogens is 1. The third-order valence-electron chi connectivity index (χ3n) is 3.31. The maximum Gasteiger partial charge on any atom is 0.307 e. The summed E-state index contributed by atoms with van der Waals surface area (Å²) in [6, 6.07) is 8.08. The van der Waals surface area contributed by atoms with Crippen molar-refractivity contribution < 1.29 is 19.1 Å². The van der Waals surface area contributed by atoms with Crippen LogP contribution in [0.4, 0.5) is 0 Å². The van der Waals surface area contributed by atoms with E-state index in [9.17, 15) is 9.59 Å². The lowest BCUT2D eigenvalue weighted by molar-refractivity contribution is -0.141. The Balaban J connectivity index is 2.18. The Morgan fingerprint density at radius 3 is 2.48 bits per heavy atom. The van der Waals surface area contributed by atoms with Crippen LogP contribution in [-0.2, 0) is 9.53 Å². The van der Waals surface area contributed by atoms with Crippen LogP contribution in [0.2, 0.25) is 5.02 Å². The van der Waals surface area contributed by atoms with Gasteiger partial charge in [-0.05, 0) is 23.8 Å². The van der Waals surface area contributed by atoms with Crippen LogP contribution < -0.4 is 10.1 Å². The van der Waals surface area contributed by atoms with E-state index in [1.807, 2.05) is 0 Å². The van der Waals surface area contributed by atoms with Crippen LogP contribution in [0.25, 0.3) is 0 Å². The van der Waals surface area contributed by atoms with Gasteiger partial charge in [-0.25, -0.2) is 0 Å². The largest absolute Gasteiger partial charge is 0.497 e. The summed E-state index contributed by atoms with van der Waals surface area (Å²) in [5, 5.41) is 3.23. The predicted octanol–water partition coefficient (Wildman–Crippen LogP) is 2.71. The second kappa shape index (κ2) is 7.69. The lowest BCUT2D eigenvalue weighted by Gasteiger charge is -2.18. The highest BCUT2D eigenvalue weighted by molar-refractivity contribution is 6.30. The zero-order valence-corrected chi connectivity index (χ0v) is 13.5. The number of rotatable bonds is 6. The van der Waals surface area contributed by atoms with Crippen molar-refractivity contribution >= 4 is 23.5 Å².